The summed E-state index contributed by atoms with van der Waals surface area (Å²) in [5.41, 5.74) is 5.56. The predicted octanol–water partition coefficient (Wildman–Crippen LogP) is -0.0946. The molecule has 0 unspecified atom stereocenters. The van der Waals surface area contributed by atoms with Gasteiger partial charge in [-0.15, -0.1) is 0 Å². The van der Waals surface area contributed by atoms with Gasteiger partial charge in [-0.3, -0.25) is 4.79 Å². The second kappa shape index (κ2) is 3.82. The van der Waals surface area contributed by atoms with Gasteiger partial charge in [-0.25, -0.2) is 4.21 Å². The molecule has 0 saturated heterocycles. The quantitative estimate of drug-likeness (QED) is 0.512. The summed E-state index contributed by atoms with van der Waals surface area (Å²) in [6.45, 7) is 0. The van der Waals surface area contributed by atoms with Gasteiger partial charge in [0.25, 0.3) is 5.91 Å². The Labute approximate surface area is 73.3 Å². The summed E-state index contributed by atoms with van der Waals surface area (Å²) >= 11 is 0.123. The highest BCUT2D eigenvalue weighted by Gasteiger charge is 2.07. The maximum Gasteiger partial charge on any atom is 0.262 e. The van der Waals surface area contributed by atoms with Crippen LogP contribution in [-0.4, -0.2) is 15.0 Å². The van der Waals surface area contributed by atoms with Crippen molar-refractivity contribution >= 4 is 22.0 Å². The summed E-state index contributed by atoms with van der Waals surface area (Å²) < 4.78 is 10.5. The van der Waals surface area contributed by atoms with Gasteiger partial charge >= 0.3 is 0 Å². The van der Waals surface area contributed by atoms with E-state index in [2.05, 4.69) is 0 Å². The molecule has 4 heteroatoms. The van der Waals surface area contributed by atoms with Crippen LogP contribution >= 0.6 is 0 Å². The molecule has 1 aromatic carbocycles. The van der Waals surface area contributed by atoms with E-state index in [4.69, 9.17) is 5.73 Å². The molecule has 1 rings (SSSR count). The van der Waals surface area contributed by atoms with E-state index in [9.17, 15) is 9.00 Å². The van der Waals surface area contributed by atoms with Crippen molar-refractivity contribution in [3.05, 3.63) is 35.9 Å². The highest BCUT2D eigenvalue weighted by molar-refractivity contribution is 7.69. The molecule has 0 saturated carbocycles. The fourth-order valence-electron chi connectivity index (χ4n) is 0.821. The third-order valence-electron chi connectivity index (χ3n) is 1.34. The van der Waals surface area contributed by atoms with Gasteiger partial charge in [-0.2, -0.15) is 0 Å². The Morgan fingerprint density at radius 2 is 1.83 bits per heavy atom. The number of carbonyl (C=O) groups is 1. The molecule has 2 N–H and O–H groups in total. The molecule has 1 aromatic rings. The summed E-state index contributed by atoms with van der Waals surface area (Å²) in [6.07, 6.45) is 0. The molecule has 0 bridgehead atoms. The standard InChI is InChI=1S/C8H7NO2S/c9-8(10)7(12-11)6-4-2-1-3-5-6/h1-5H,(H2,9,10). The van der Waals surface area contributed by atoms with Crippen molar-refractivity contribution in [1.82, 2.24) is 0 Å². The molecule has 0 atom stereocenters. The number of carbonyl (C=O) groups excluding carboxylic acids is 1. The van der Waals surface area contributed by atoms with Gasteiger partial charge in [0, 0.05) is 5.56 Å². The molecule has 0 aliphatic rings. The molecule has 62 valence electrons. The number of hydrogen-bond donors (Lipinski definition) is 1. The predicted molar refractivity (Wildman–Crippen MR) is 47.9 cm³/mol. The second-order valence-corrected chi connectivity index (χ2v) is 2.72. The Hall–Kier alpha value is -1.42. The van der Waals surface area contributed by atoms with Crippen molar-refractivity contribution in [2.75, 3.05) is 0 Å². The van der Waals surface area contributed by atoms with Crippen molar-refractivity contribution < 1.29 is 9.00 Å². The third kappa shape index (κ3) is 1.79. The largest absolute Gasteiger partial charge is 0.365 e. The highest BCUT2D eigenvalue weighted by Crippen LogP contribution is 1.98. The lowest BCUT2D eigenvalue weighted by atomic mass is 10.1. The number of benzene rings is 1. The first-order valence-corrected chi connectivity index (χ1v) is 4.02. The summed E-state index contributed by atoms with van der Waals surface area (Å²) in [7, 11) is 0. The first kappa shape index (κ1) is 8.67. The van der Waals surface area contributed by atoms with Crippen molar-refractivity contribution in [2.24, 2.45) is 5.73 Å². The van der Waals surface area contributed by atoms with Crippen LogP contribution in [0.2, 0.25) is 0 Å². The van der Waals surface area contributed by atoms with E-state index >= 15 is 0 Å². The third-order valence-corrected chi connectivity index (χ3v) is 1.95. The summed E-state index contributed by atoms with van der Waals surface area (Å²) in [5, 5.41) is 0. The topological polar surface area (TPSA) is 60.2 Å². The molecular weight excluding hydrogens is 174 g/mol. The van der Waals surface area contributed by atoms with Crippen LogP contribution in [0.25, 0.3) is 0 Å². The highest BCUT2D eigenvalue weighted by atomic mass is 32.1. The lowest BCUT2D eigenvalue weighted by molar-refractivity contribution is -0.111. The normalized spacial score (nSPS) is 9.00. The Morgan fingerprint density at radius 3 is 2.25 bits per heavy atom. The first-order chi connectivity index (χ1) is 5.75. The van der Waals surface area contributed by atoms with Gasteiger partial charge in [-0.1, -0.05) is 30.3 Å². The van der Waals surface area contributed by atoms with Crippen LogP contribution < -0.4 is 5.73 Å². The van der Waals surface area contributed by atoms with Crippen molar-refractivity contribution in [2.45, 2.75) is 0 Å². The molecule has 1 amide bonds. The van der Waals surface area contributed by atoms with Crippen molar-refractivity contribution in [3.63, 3.8) is 0 Å². The summed E-state index contributed by atoms with van der Waals surface area (Å²) in [4.78, 5) is 10.7. The smallest absolute Gasteiger partial charge is 0.262 e. The monoisotopic (exact) mass is 181 g/mol. The van der Waals surface area contributed by atoms with Crippen LogP contribution in [0.5, 0.6) is 0 Å². The van der Waals surface area contributed by atoms with Gasteiger partial charge in [-0.05, 0) is 0 Å². The fourth-order valence-corrected chi connectivity index (χ4v) is 1.14. The average molecular weight is 181 g/mol. The van der Waals surface area contributed by atoms with E-state index < -0.39 is 5.91 Å². The van der Waals surface area contributed by atoms with E-state index in [0.717, 1.165) is 0 Å². The zero-order valence-corrected chi connectivity index (χ0v) is 7.01. The van der Waals surface area contributed by atoms with Crippen LogP contribution in [0.15, 0.2) is 30.3 Å². The molecule has 0 aromatic heterocycles. The summed E-state index contributed by atoms with van der Waals surface area (Å²) in [5.74, 6) is -0.679. The number of amides is 1. The molecule has 12 heavy (non-hydrogen) atoms. The minimum atomic E-state index is -0.679. The Morgan fingerprint density at radius 1 is 1.25 bits per heavy atom. The number of hydrogen-bond acceptors (Lipinski definition) is 2. The molecule has 0 heterocycles. The summed E-state index contributed by atoms with van der Waals surface area (Å²) in [6, 6.07) is 8.64. The lowest BCUT2D eigenvalue weighted by Gasteiger charge is -1.95. The van der Waals surface area contributed by atoms with Crippen LogP contribution in [0, 0.1) is 0 Å². The van der Waals surface area contributed by atoms with Crippen molar-refractivity contribution in [1.29, 1.82) is 0 Å². The van der Waals surface area contributed by atoms with Crippen LogP contribution in [-0.2, 0) is 16.1 Å². The van der Waals surface area contributed by atoms with Gasteiger partial charge < -0.3 is 5.73 Å². The second-order valence-electron chi connectivity index (χ2n) is 2.14. The lowest BCUT2D eigenvalue weighted by Crippen LogP contribution is -2.23. The Bertz CT molecular complexity index is 341. The maximum absolute atomic E-state index is 10.7. The first-order valence-electron chi connectivity index (χ1n) is 3.27. The molecule has 0 aliphatic heterocycles. The van der Waals surface area contributed by atoms with E-state index in [0.29, 0.717) is 5.56 Å². The SMILES string of the molecule is NC(=O)C(=S=O)c1ccccc1. The zero-order chi connectivity index (χ0) is 8.97. The van der Waals surface area contributed by atoms with Gasteiger partial charge in [0.2, 0.25) is 0 Å². The van der Waals surface area contributed by atoms with E-state index in [1.807, 2.05) is 0 Å². The number of rotatable bonds is 2. The van der Waals surface area contributed by atoms with Gasteiger partial charge in [0.05, 0.1) is 0 Å². The van der Waals surface area contributed by atoms with E-state index in [1.165, 1.54) is 0 Å². The van der Waals surface area contributed by atoms with Gasteiger partial charge in [0.1, 0.15) is 16.1 Å². The van der Waals surface area contributed by atoms with E-state index in [-0.39, 0.29) is 16.1 Å². The van der Waals surface area contributed by atoms with Crippen LogP contribution in [0.1, 0.15) is 5.56 Å². The molecule has 0 aliphatic carbocycles. The van der Waals surface area contributed by atoms with Crippen LogP contribution in [0.4, 0.5) is 0 Å². The average Bonchev–Trinajstić information content (AvgIpc) is 2.07. The zero-order valence-electron chi connectivity index (χ0n) is 6.19. The molecule has 3 nitrogen and oxygen atoms in total. The molecule has 0 spiro atoms. The Kier molecular flexibility index (Phi) is 2.76. The minimum absolute atomic E-state index is 0.0515. The minimum Gasteiger partial charge on any atom is -0.365 e. The fraction of sp³-hybridized carbons (Fsp3) is 0. The molecular formula is C8H7NO2S. The maximum atomic E-state index is 10.7. The number of primary amides is 1. The number of nitrogens with two attached hydrogens (primary N) is 1. The molecule has 0 fully saturated rings. The van der Waals surface area contributed by atoms with Crippen molar-refractivity contribution in [3.8, 4) is 0 Å². The molecule has 0 radical (unpaired) electrons. The van der Waals surface area contributed by atoms with E-state index in [1.54, 1.807) is 30.3 Å². The van der Waals surface area contributed by atoms with Gasteiger partial charge in [0.15, 0.2) is 0 Å². The van der Waals surface area contributed by atoms with Crippen LogP contribution in [0.3, 0.4) is 0 Å². The Balaban J connectivity index is 3.14.